The van der Waals surface area contributed by atoms with E-state index < -0.39 is 21.9 Å². The molecule has 4 saturated heterocycles. The maximum absolute atomic E-state index is 13.8. The molecule has 4 aliphatic rings. The molecule has 2 amide bonds. The fraction of sp³-hybridized carbons (Fsp3) is 0.682. The van der Waals surface area contributed by atoms with Gasteiger partial charge >= 0.3 is 12.2 Å². The SMILES string of the molecule is Cc1cc(NC2CCN(C3(C)CCN(C(=O)OC(C)(C)C)C3)CC2)c(N)cc1F.Cc1cc(NC2CCN(C3(C)CCN(C(=O)OC(C)(C)C)C3)CC2)c([N+](=O)[O-])cc1F. The molecule has 4 N–H and O–H groups in total. The van der Waals surface area contributed by atoms with Crippen molar-refractivity contribution in [1.82, 2.24) is 19.6 Å². The smallest absolute Gasteiger partial charge is 0.410 e. The number of benzene rings is 2. The van der Waals surface area contributed by atoms with Crippen LogP contribution in [0.25, 0.3) is 0 Å². The number of carbonyl (C=O) groups is 2. The standard InChI is InChI=1S/C22H33FN4O4.C22H35FN4O2/c1-15-12-18(19(27(29)30)13-17(15)23)24-16-6-9-26(10-7-16)22(5)8-11-25(14-22)20(28)31-21(2,3)4;1-15-12-19(18(24)13-17(15)23)25-16-6-9-27(10-7-16)22(5)8-11-26(14-22)20(28)29-21(2,3)4/h12-13,16,24H,6-11,14H2,1-5H3;12-13,16,25H,6-11,14,24H2,1-5H3. The second-order valence-electron chi connectivity index (χ2n) is 19.7. The maximum Gasteiger partial charge on any atom is 0.410 e. The van der Waals surface area contributed by atoms with Crippen LogP contribution in [0.2, 0.25) is 0 Å². The molecule has 6 rings (SSSR count). The summed E-state index contributed by atoms with van der Waals surface area (Å²) in [6.45, 7) is 25.3. The minimum absolute atomic E-state index is 0.0205. The lowest BCUT2D eigenvalue weighted by molar-refractivity contribution is -0.384. The van der Waals surface area contributed by atoms with Crippen LogP contribution in [0.15, 0.2) is 24.3 Å². The molecular weight excluding hydrogens is 775 g/mol. The topological polar surface area (TPSA) is 159 Å². The highest BCUT2D eigenvalue weighted by Gasteiger charge is 2.44. The van der Waals surface area contributed by atoms with Crippen LogP contribution >= 0.6 is 0 Å². The van der Waals surface area contributed by atoms with Crippen molar-refractivity contribution in [2.75, 3.05) is 68.7 Å². The molecule has 14 nitrogen and oxygen atoms in total. The predicted molar refractivity (Wildman–Crippen MR) is 231 cm³/mol. The third-order valence-corrected chi connectivity index (χ3v) is 12.2. The van der Waals surface area contributed by atoms with Crippen LogP contribution < -0.4 is 16.4 Å². The van der Waals surface area contributed by atoms with E-state index in [9.17, 15) is 28.5 Å². The number of nitro benzene ring substituents is 1. The van der Waals surface area contributed by atoms with E-state index >= 15 is 0 Å². The van der Waals surface area contributed by atoms with Gasteiger partial charge in [-0.3, -0.25) is 19.9 Å². The Morgan fingerprint density at radius 2 is 1.10 bits per heavy atom. The van der Waals surface area contributed by atoms with E-state index in [0.29, 0.717) is 48.2 Å². The molecule has 2 atom stereocenters. The summed E-state index contributed by atoms with van der Waals surface area (Å²) in [6, 6.07) is 6.05. The van der Waals surface area contributed by atoms with Crippen molar-refractivity contribution in [2.24, 2.45) is 0 Å². The molecule has 2 unspecified atom stereocenters. The predicted octanol–water partition coefficient (Wildman–Crippen LogP) is 8.31. The molecule has 16 heteroatoms. The van der Waals surface area contributed by atoms with E-state index in [1.54, 1.807) is 24.8 Å². The second-order valence-corrected chi connectivity index (χ2v) is 19.7. The molecule has 334 valence electrons. The average Bonchev–Trinajstić information content (AvgIpc) is 3.76. The molecule has 0 bridgehead atoms. The van der Waals surface area contributed by atoms with Crippen LogP contribution in [0.4, 0.5) is 41.1 Å². The minimum Gasteiger partial charge on any atom is -0.444 e. The number of likely N-dealkylation sites (tertiary alicyclic amines) is 4. The molecule has 0 aromatic heterocycles. The van der Waals surface area contributed by atoms with E-state index in [1.807, 2.05) is 46.4 Å². The van der Waals surface area contributed by atoms with Crippen molar-refractivity contribution < 1.29 is 32.8 Å². The van der Waals surface area contributed by atoms with Gasteiger partial charge in [0.15, 0.2) is 0 Å². The summed E-state index contributed by atoms with van der Waals surface area (Å²) in [5, 5.41) is 18.1. The number of anilines is 3. The number of carbonyl (C=O) groups excluding carboxylic acids is 2. The summed E-state index contributed by atoms with van der Waals surface area (Å²) in [5.74, 6) is -0.845. The van der Waals surface area contributed by atoms with Gasteiger partial charge in [-0.1, -0.05) is 0 Å². The first kappa shape index (κ1) is 46.6. The Bertz CT molecular complexity index is 1870. The lowest BCUT2D eigenvalue weighted by atomic mass is 9.93. The number of nitro groups is 1. The number of aryl methyl sites for hydroxylation is 2. The molecule has 2 aromatic rings. The normalized spacial score (nSPS) is 23.5. The molecule has 0 aliphatic carbocycles. The van der Waals surface area contributed by atoms with Gasteiger partial charge in [0, 0.05) is 75.5 Å². The van der Waals surface area contributed by atoms with Crippen LogP contribution in [0.5, 0.6) is 0 Å². The van der Waals surface area contributed by atoms with Gasteiger partial charge in [0.05, 0.1) is 22.4 Å². The highest BCUT2D eigenvalue weighted by Crippen LogP contribution is 2.35. The summed E-state index contributed by atoms with van der Waals surface area (Å²) in [6.07, 6.45) is 4.94. The summed E-state index contributed by atoms with van der Waals surface area (Å²) in [5.41, 5.74) is 7.24. The lowest BCUT2D eigenvalue weighted by Crippen LogP contribution is -2.53. The zero-order valence-corrected chi connectivity index (χ0v) is 37.4. The Morgan fingerprint density at radius 1 is 0.717 bits per heavy atom. The summed E-state index contributed by atoms with van der Waals surface area (Å²) in [7, 11) is 0. The van der Waals surface area contributed by atoms with Gasteiger partial charge in [0.1, 0.15) is 28.5 Å². The number of nitrogens with one attached hydrogen (secondary N) is 2. The fourth-order valence-electron chi connectivity index (χ4n) is 8.70. The molecule has 4 fully saturated rings. The Kier molecular flexibility index (Phi) is 14.2. The van der Waals surface area contributed by atoms with Gasteiger partial charge in [0.25, 0.3) is 5.69 Å². The number of nitrogens with two attached hydrogens (primary N) is 1. The zero-order chi connectivity index (χ0) is 44.4. The van der Waals surface area contributed by atoms with Crippen molar-refractivity contribution in [2.45, 2.75) is 142 Å². The summed E-state index contributed by atoms with van der Waals surface area (Å²) >= 11 is 0. The van der Waals surface area contributed by atoms with E-state index in [1.165, 1.54) is 12.1 Å². The molecule has 0 spiro atoms. The van der Waals surface area contributed by atoms with Crippen LogP contribution in [0, 0.1) is 35.6 Å². The first-order chi connectivity index (χ1) is 27.8. The third-order valence-electron chi connectivity index (χ3n) is 12.2. The number of hydrogen-bond acceptors (Lipinski definition) is 11. The van der Waals surface area contributed by atoms with E-state index in [2.05, 4.69) is 34.3 Å². The highest BCUT2D eigenvalue weighted by molar-refractivity contribution is 5.70. The number of rotatable bonds is 7. The van der Waals surface area contributed by atoms with E-state index in [-0.39, 0.29) is 40.8 Å². The molecule has 0 saturated carbocycles. The second kappa shape index (κ2) is 18.3. The van der Waals surface area contributed by atoms with E-state index in [0.717, 1.165) is 83.0 Å². The van der Waals surface area contributed by atoms with Crippen molar-refractivity contribution in [3.8, 4) is 0 Å². The van der Waals surface area contributed by atoms with Gasteiger partial charge in [-0.25, -0.2) is 18.4 Å². The molecule has 2 aromatic carbocycles. The number of halogens is 2. The summed E-state index contributed by atoms with van der Waals surface area (Å²) < 4.78 is 38.4. The van der Waals surface area contributed by atoms with Crippen molar-refractivity contribution in [3.63, 3.8) is 0 Å². The van der Waals surface area contributed by atoms with Crippen molar-refractivity contribution >= 4 is 34.9 Å². The van der Waals surface area contributed by atoms with E-state index in [4.69, 9.17) is 15.2 Å². The van der Waals surface area contributed by atoms with Gasteiger partial charge in [-0.05, 0) is 137 Å². The Labute approximate surface area is 354 Å². The van der Waals surface area contributed by atoms with Crippen LogP contribution in [0.1, 0.15) is 105 Å². The lowest BCUT2D eigenvalue weighted by Gasteiger charge is -2.43. The quantitative estimate of drug-likeness (QED) is 0.140. The van der Waals surface area contributed by atoms with Gasteiger partial charge < -0.3 is 35.6 Å². The van der Waals surface area contributed by atoms with Crippen LogP contribution in [-0.2, 0) is 9.47 Å². The number of nitrogen functional groups attached to an aromatic ring is 1. The average molecular weight is 843 g/mol. The largest absolute Gasteiger partial charge is 0.444 e. The molecule has 0 radical (unpaired) electrons. The number of piperidine rings is 2. The Balaban J connectivity index is 0.000000228. The fourth-order valence-corrected chi connectivity index (χ4v) is 8.70. The number of amides is 2. The van der Waals surface area contributed by atoms with Crippen LogP contribution in [-0.4, -0.2) is 123 Å². The molecule has 4 aliphatic heterocycles. The number of nitrogens with zero attached hydrogens (tertiary/aromatic N) is 5. The van der Waals surface area contributed by atoms with Gasteiger partial charge in [-0.15, -0.1) is 0 Å². The highest BCUT2D eigenvalue weighted by atomic mass is 19.1. The first-order valence-corrected chi connectivity index (χ1v) is 21.3. The zero-order valence-electron chi connectivity index (χ0n) is 37.4. The monoisotopic (exact) mass is 843 g/mol. The van der Waals surface area contributed by atoms with Crippen molar-refractivity contribution in [3.05, 3.63) is 57.1 Å². The molecule has 60 heavy (non-hydrogen) atoms. The summed E-state index contributed by atoms with van der Waals surface area (Å²) in [4.78, 5) is 44.1. The Morgan fingerprint density at radius 3 is 1.50 bits per heavy atom. The van der Waals surface area contributed by atoms with Crippen molar-refractivity contribution in [1.29, 1.82) is 0 Å². The van der Waals surface area contributed by atoms with Gasteiger partial charge in [-0.2, -0.15) is 0 Å². The number of hydrogen-bond donors (Lipinski definition) is 3. The molecule has 4 heterocycles. The number of ether oxygens (including phenoxy) is 2. The first-order valence-electron chi connectivity index (χ1n) is 21.3. The minimum atomic E-state index is -0.573. The maximum atomic E-state index is 13.8. The van der Waals surface area contributed by atoms with Crippen LogP contribution in [0.3, 0.4) is 0 Å². The van der Waals surface area contributed by atoms with Gasteiger partial charge in [0.2, 0.25) is 0 Å². The third kappa shape index (κ3) is 11.9. The Hall–Kier alpha value is -4.44. The molecular formula is C44H68F2N8O6.